The summed E-state index contributed by atoms with van der Waals surface area (Å²) in [6.07, 6.45) is 30.0. The Morgan fingerprint density at radius 3 is 2.55 bits per heavy atom. The van der Waals surface area contributed by atoms with Crippen LogP contribution < -0.4 is 0 Å². The van der Waals surface area contributed by atoms with Crippen LogP contribution in [0.3, 0.4) is 0 Å². The Morgan fingerprint density at radius 1 is 0.925 bits per heavy atom. The minimum Gasteiger partial charge on any atom is -0.459 e. The molecular weight excluding hydrogens is 488 g/mol. The summed E-state index contributed by atoms with van der Waals surface area (Å²) in [6, 6.07) is 10.2. The fourth-order valence-electron chi connectivity index (χ4n) is 9.55. The summed E-state index contributed by atoms with van der Waals surface area (Å²) >= 11 is 0. The van der Waals surface area contributed by atoms with Crippen molar-refractivity contribution in [1.82, 2.24) is 0 Å². The van der Waals surface area contributed by atoms with Crippen molar-refractivity contribution < 1.29 is 9.53 Å². The maximum absolute atomic E-state index is 12.6. The Labute approximate surface area is 244 Å². The number of fused-ring (bicyclic) bond motifs is 5. The van der Waals surface area contributed by atoms with Gasteiger partial charge in [-0.15, -0.1) is 0 Å². The number of hydrogen-bond acceptors (Lipinski definition) is 2. The van der Waals surface area contributed by atoms with Crippen LogP contribution in [0, 0.1) is 34.5 Å². The monoisotopic (exact) mass is 542 g/mol. The van der Waals surface area contributed by atoms with Crippen LogP contribution in [0.25, 0.3) is 6.08 Å². The van der Waals surface area contributed by atoms with Gasteiger partial charge in [0.1, 0.15) is 6.10 Å². The van der Waals surface area contributed by atoms with E-state index in [1.807, 2.05) is 30.4 Å². The summed E-state index contributed by atoms with van der Waals surface area (Å²) in [5.74, 6) is 3.33. The highest BCUT2D eigenvalue weighted by Gasteiger charge is 2.58. The second-order valence-electron chi connectivity index (χ2n) is 14.1. The third kappa shape index (κ3) is 6.37. The summed E-state index contributed by atoms with van der Waals surface area (Å²) in [7, 11) is 0. The number of ether oxygens (including phenoxy) is 1. The number of rotatable bonds is 11. The molecule has 1 aromatic rings. The number of carbonyl (C=O) groups is 1. The van der Waals surface area contributed by atoms with Crippen LogP contribution in [-0.2, 0) is 9.53 Å². The molecular formula is C38H54O2. The van der Waals surface area contributed by atoms with Gasteiger partial charge >= 0.3 is 5.97 Å². The van der Waals surface area contributed by atoms with Gasteiger partial charge in [-0.05, 0) is 91.4 Å². The molecule has 4 aliphatic rings. The molecule has 0 aromatic heterocycles. The van der Waals surface area contributed by atoms with Gasteiger partial charge in [-0.25, -0.2) is 4.79 Å². The molecule has 7 unspecified atom stereocenters. The Hall–Kier alpha value is -2.09. The molecule has 0 amide bonds. The highest BCUT2D eigenvalue weighted by Crippen LogP contribution is 2.66. The molecule has 0 aliphatic heterocycles. The average molecular weight is 543 g/mol. The minimum atomic E-state index is -0.212. The predicted octanol–water partition coefficient (Wildman–Crippen LogP) is 10.5. The first-order chi connectivity index (χ1) is 19.4. The number of esters is 1. The van der Waals surface area contributed by atoms with Crippen LogP contribution in [0.5, 0.6) is 0 Å². The molecule has 1 aromatic carbocycles. The first-order valence-electron chi connectivity index (χ1n) is 16.7. The van der Waals surface area contributed by atoms with Crippen LogP contribution in [-0.4, -0.2) is 12.1 Å². The lowest BCUT2D eigenvalue weighted by atomic mass is 9.47. The molecule has 2 heteroatoms. The van der Waals surface area contributed by atoms with Gasteiger partial charge in [0, 0.05) is 12.5 Å². The van der Waals surface area contributed by atoms with Crippen LogP contribution in [0.1, 0.15) is 123 Å². The summed E-state index contributed by atoms with van der Waals surface area (Å²) in [5.41, 5.74) is 3.60. The van der Waals surface area contributed by atoms with E-state index in [0.717, 1.165) is 42.1 Å². The van der Waals surface area contributed by atoms with E-state index in [9.17, 15) is 4.79 Å². The largest absolute Gasteiger partial charge is 0.459 e. The molecule has 2 nitrogen and oxygen atoms in total. The van der Waals surface area contributed by atoms with Crippen molar-refractivity contribution in [2.75, 3.05) is 0 Å². The number of carbonyl (C=O) groups excluding carboxylic acids is 1. The van der Waals surface area contributed by atoms with Crippen molar-refractivity contribution in [2.45, 2.75) is 123 Å². The van der Waals surface area contributed by atoms with Crippen LogP contribution in [0.2, 0.25) is 0 Å². The highest BCUT2D eigenvalue weighted by atomic mass is 16.5. The van der Waals surface area contributed by atoms with Crippen molar-refractivity contribution in [3.8, 4) is 0 Å². The van der Waals surface area contributed by atoms with Crippen molar-refractivity contribution in [3.05, 3.63) is 65.8 Å². The Bertz CT molecular complexity index is 1070. The van der Waals surface area contributed by atoms with Gasteiger partial charge in [0.15, 0.2) is 0 Å². The minimum absolute atomic E-state index is 0.0215. The van der Waals surface area contributed by atoms with Crippen LogP contribution >= 0.6 is 0 Å². The molecule has 5 rings (SSSR count). The molecule has 3 saturated carbocycles. The third-order valence-electron chi connectivity index (χ3n) is 11.9. The second-order valence-corrected chi connectivity index (χ2v) is 14.1. The van der Waals surface area contributed by atoms with E-state index in [2.05, 4.69) is 39.0 Å². The SMILES string of the molecule is CCCCCCCCC1CCC2C3CC=C4CC(OC(=O)/C=C/C=C/c5ccccc5)CCC4(C)C3CCC12C. The normalized spacial score (nSPS) is 35.3. The van der Waals surface area contributed by atoms with Gasteiger partial charge < -0.3 is 4.74 Å². The standard InChI is InChI=1S/C38H54O2/c1-4-5-6-7-8-12-18-30-21-23-34-33-22-20-31-28-32(24-26-38(31,3)35(33)25-27-37(30,34)2)40-36(39)19-14-13-17-29-15-10-9-11-16-29/h9-11,13-17,19-20,30,32-35H,4-8,12,18,21-28H2,1-3H3/b17-13+,19-14+. The van der Waals surface area contributed by atoms with E-state index in [1.165, 1.54) is 83.5 Å². The van der Waals surface area contributed by atoms with Gasteiger partial charge in [0.2, 0.25) is 0 Å². The van der Waals surface area contributed by atoms with Crippen molar-refractivity contribution in [1.29, 1.82) is 0 Å². The number of benzene rings is 1. The third-order valence-corrected chi connectivity index (χ3v) is 11.9. The molecule has 0 N–H and O–H groups in total. The van der Waals surface area contributed by atoms with Gasteiger partial charge in [0.05, 0.1) is 0 Å². The summed E-state index contributed by atoms with van der Waals surface area (Å²) in [5, 5.41) is 0. The van der Waals surface area contributed by atoms with Gasteiger partial charge in [-0.1, -0.05) is 120 Å². The van der Waals surface area contributed by atoms with E-state index in [0.29, 0.717) is 10.8 Å². The molecule has 218 valence electrons. The number of unbranched alkanes of at least 4 members (excludes halogenated alkanes) is 5. The Balaban J connectivity index is 1.14. The fraction of sp³-hybridized carbons (Fsp3) is 0.658. The molecule has 0 spiro atoms. The maximum atomic E-state index is 12.6. The molecule has 0 heterocycles. The van der Waals surface area contributed by atoms with Crippen LogP contribution in [0.4, 0.5) is 0 Å². The highest BCUT2D eigenvalue weighted by molar-refractivity contribution is 5.82. The van der Waals surface area contributed by atoms with Gasteiger partial charge in [-0.2, -0.15) is 0 Å². The lowest BCUT2D eigenvalue weighted by molar-refractivity contribution is -0.145. The zero-order chi connectivity index (χ0) is 28.0. The average Bonchev–Trinajstić information content (AvgIpc) is 3.30. The molecule has 7 atom stereocenters. The van der Waals surface area contributed by atoms with E-state index >= 15 is 0 Å². The summed E-state index contributed by atoms with van der Waals surface area (Å²) in [6.45, 7) is 7.56. The molecule has 40 heavy (non-hydrogen) atoms. The van der Waals surface area contributed by atoms with E-state index in [-0.39, 0.29) is 12.1 Å². The molecule has 3 fully saturated rings. The Kier molecular flexibility index (Phi) is 9.75. The second kappa shape index (κ2) is 13.3. The number of hydrogen-bond donors (Lipinski definition) is 0. The zero-order valence-electron chi connectivity index (χ0n) is 25.6. The number of allylic oxidation sites excluding steroid dienone is 3. The molecule has 0 bridgehead atoms. The Morgan fingerprint density at radius 2 is 1.73 bits per heavy atom. The van der Waals surface area contributed by atoms with Gasteiger partial charge in [0.25, 0.3) is 0 Å². The van der Waals surface area contributed by atoms with Crippen LogP contribution in [0.15, 0.2) is 60.2 Å². The summed E-state index contributed by atoms with van der Waals surface area (Å²) < 4.78 is 5.94. The predicted molar refractivity (Wildman–Crippen MR) is 168 cm³/mol. The quantitative estimate of drug-likeness (QED) is 0.0914. The lowest BCUT2D eigenvalue weighted by Gasteiger charge is -2.58. The fourth-order valence-corrected chi connectivity index (χ4v) is 9.55. The molecule has 0 saturated heterocycles. The van der Waals surface area contributed by atoms with Crippen molar-refractivity contribution in [3.63, 3.8) is 0 Å². The smallest absolute Gasteiger partial charge is 0.331 e. The van der Waals surface area contributed by atoms with E-state index < -0.39 is 0 Å². The molecule has 0 radical (unpaired) electrons. The lowest BCUT2D eigenvalue weighted by Crippen LogP contribution is -2.50. The zero-order valence-corrected chi connectivity index (χ0v) is 25.6. The van der Waals surface area contributed by atoms with Gasteiger partial charge in [-0.3, -0.25) is 0 Å². The maximum Gasteiger partial charge on any atom is 0.331 e. The van der Waals surface area contributed by atoms with E-state index in [1.54, 1.807) is 17.7 Å². The topological polar surface area (TPSA) is 26.3 Å². The van der Waals surface area contributed by atoms with Crippen molar-refractivity contribution in [2.24, 2.45) is 34.5 Å². The first kappa shape index (κ1) is 29.4. The molecule has 4 aliphatic carbocycles. The van der Waals surface area contributed by atoms with E-state index in [4.69, 9.17) is 4.74 Å². The van der Waals surface area contributed by atoms with Crippen molar-refractivity contribution >= 4 is 12.0 Å². The summed E-state index contributed by atoms with van der Waals surface area (Å²) in [4.78, 5) is 12.6. The first-order valence-corrected chi connectivity index (χ1v) is 16.7.